The van der Waals surface area contributed by atoms with Crippen molar-refractivity contribution in [1.82, 2.24) is 19.9 Å². The van der Waals surface area contributed by atoms with Gasteiger partial charge in [0.15, 0.2) is 10.8 Å². The third-order valence-corrected chi connectivity index (χ3v) is 3.82. The quantitative estimate of drug-likeness (QED) is 0.711. The van der Waals surface area contributed by atoms with Crippen LogP contribution in [0.15, 0.2) is 17.8 Å². The van der Waals surface area contributed by atoms with Crippen LogP contribution in [-0.4, -0.2) is 25.8 Å². The van der Waals surface area contributed by atoms with Gasteiger partial charge in [0, 0.05) is 0 Å². The molecule has 1 amide bonds. The predicted molar refractivity (Wildman–Crippen MR) is 73.7 cm³/mol. The van der Waals surface area contributed by atoms with Crippen LogP contribution in [-0.2, 0) is 0 Å². The molecule has 3 rings (SSSR count). The molecule has 0 fully saturated rings. The molecule has 0 spiro atoms. The minimum absolute atomic E-state index is 0.141. The lowest BCUT2D eigenvalue weighted by molar-refractivity contribution is 0.102. The van der Waals surface area contributed by atoms with Crippen molar-refractivity contribution in [3.05, 3.63) is 33.4 Å². The van der Waals surface area contributed by atoms with E-state index in [1.165, 1.54) is 17.7 Å². The van der Waals surface area contributed by atoms with Crippen LogP contribution in [0.5, 0.6) is 0 Å². The number of hydrogen-bond acceptors (Lipinski definition) is 5. The third-order valence-electron chi connectivity index (χ3n) is 2.54. The maximum absolute atomic E-state index is 12.0. The SMILES string of the molecule is Cc1ccsc1C(=O)Nc1nc(Cl)c2[nH]cnc2n1. The summed E-state index contributed by atoms with van der Waals surface area (Å²) < 4.78 is 0. The molecule has 3 heterocycles. The molecule has 0 unspecified atom stereocenters. The number of nitrogens with zero attached hydrogens (tertiary/aromatic N) is 3. The normalized spacial score (nSPS) is 10.8. The average molecular weight is 294 g/mol. The molecule has 0 aromatic carbocycles. The summed E-state index contributed by atoms with van der Waals surface area (Å²) in [4.78, 5) is 27.6. The highest BCUT2D eigenvalue weighted by atomic mass is 35.5. The molecule has 0 bridgehead atoms. The van der Waals surface area contributed by atoms with Gasteiger partial charge in [-0.25, -0.2) is 4.98 Å². The van der Waals surface area contributed by atoms with Crippen molar-refractivity contribution in [2.75, 3.05) is 5.32 Å². The van der Waals surface area contributed by atoms with Gasteiger partial charge < -0.3 is 4.98 Å². The Morgan fingerprint density at radius 1 is 1.47 bits per heavy atom. The van der Waals surface area contributed by atoms with E-state index in [2.05, 4.69) is 25.3 Å². The Balaban J connectivity index is 1.93. The lowest BCUT2D eigenvalue weighted by Crippen LogP contribution is -2.14. The number of amides is 1. The molecular formula is C11H8ClN5OS. The Kier molecular flexibility index (Phi) is 2.92. The first kappa shape index (κ1) is 12.1. The van der Waals surface area contributed by atoms with Gasteiger partial charge in [-0.15, -0.1) is 11.3 Å². The molecule has 0 atom stereocenters. The number of anilines is 1. The Morgan fingerprint density at radius 3 is 3.05 bits per heavy atom. The van der Waals surface area contributed by atoms with E-state index in [0.717, 1.165) is 5.56 Å². The van der Waals surface area contributed by atoms with Crippen molar-refractivity contribution < 1.29 is 4.79 Å². The minimum Gasteiger partial charge on any atom is -0.341 e. The molecule has 0 aliphatic heterocycles. The molecule has 96 valence electrons. The second kappa shape index (κ2) is 4.60. The Bertz CT molecular complexity index is 765. The molecule has 0 aliphatic rings. The summed E-state index contributed by atoms with van der Waals surface area (Å²) in [5.74, 6) is -0.110. The number of hydrogen-bond donors (Lipinski definition) is 2. The largest absolute Gasteiger partial charge is 0.341 e. The highest BCUT2D eigenvalue weighted by Gasteiger charge is 2.14. The Morgan fingerprint density at radius 2 is 2.32 bits per heavy atom. The molecular weight excluding hydrogens is 286 g/mol. The minimum atomic E-state index is -0.251. The fourth-order valence-corrected chi connectivity index (χ4v) is 2.66. The van der Waals surface area contributed by atoms with Crippen LogP contribution in [0.3, 0.4) is 0 Å². The third kappa shape index (κ3) is 2.18. The highest BCUT2D eigenvalue weighted by molar-refractivity contribution is 7.12. The number of aromatic amines is 1. The Labute approximate surface area is 116 Å². The molecule has 6 nitrogen and oxygen atoms in total. The number of halogens is 1. The Hall–Kier alpha value is -1.99. The maximum Gasteiger partial charge on any atom is 0.268 e. The van der Waals surface area contributed by atoms with Gasteiger partial charge in [0.2, 0.25) is 5.95 Å². The van der Waals surface area contributed by atoms with Gasteiger partial charge in [0.25, 0.3) is 5.91 Å². The molecule has 3 aromatic heterocycles. The van der Waals surface area contributed by atoms with Gasteiger partial charge in [-0.1, -0.05) is 11.6 Å². The molecule has 0 radical (unpaired) electrons. The number of rotatable bonds is 2. The summed E-state index contributed by atoms with van der Waals surface area (Å²) in [5.41, 5.74) is 1.87. The van der Waals surface area contributed by atoms with E-state index >= 15 is 0 Å². The number of carbonyl (C=O) groups is 1. The van der Waals surface area contributed by atoms with Crippen molar-refractivity contribution >= 4 is 46.0 Å². The van der Waals surface area contributed by atoms with E-state index in [4.69, 9.17) is 11.6 Å². The van der Waals surface area contributed by atoms with Gasteiger partial charge in [0.1, 0.15) is 5.52 Å². The molecule has 0 saturated carbocycles. The lowest BCUT2D eigenvalue weighted by atomic mass is 10.3. The molecule has 8 heteroatoms. The van der Waals surface area contributed by atoms with Gasteiger partial charge >= 0.3 is 0 Å². The second-order valence-corrected chi connectivity index (χ2v) is 5.10. The molecule has 19 heavy (non-hydrogen) atoms. The first-order chi connectivity index (χ1) is 9.15. The molecule has 2 N–H and O–H groups in total. The zero-order valence-electron chi connectivity index (χ0n) is 9.77. The van der Waals surface area contributed by atoms with Crippen molar-refractivity contribution in [2.24, 2.45) is 0 Å². The van der Waals surface area contributed by atoms with E-state index in [-0.39, 0.29) is 17.0 Å². The summed E-state index contributed by atoms with van der Waals surface area (Å²) in [6.45, 7) is 1.87. The zero-order chi connectivity index (χ0) is 13.4. The van der Waals surface area contributed by atoms with Crippen LogP contribution < -0.4 is 5.32 Å². The van der Waals surface area contributed by atoms with Crippen molar-refractivity contribution in [3.8, 4) is 0 Å². The number of fused-ring (bicyclic) bond motifs is 1. The highest BCUT2D eigenvalue weighted by Crippen LogP contribution is 2.20. The number of thiophene rings is 1. The van der Waals surface area contributed by atoms with Crippen LogP contribution in [0.25, 0.3) is 11.2 Å². The number of aromatic nitrogens is 4. The summed E-state index contributed by atoms with van der Waals surface area (Å²) in [6.07, 6.45) is 1.47. The van der Waals surface area contributed by atoms with E-state index in [0.29, 0.717) is 16.0 Å². The van der Waals surface area contributed by atoms with Crippen LogP contribution in [0, 0.1) is 6.92 Å². The van der Waals surface area contributed by atoms with Gasteiger partial charge in [-0.2, -0.15) is 9.97 Å². The zero-order valence-corrected chi connectivity index (χ0v) is 11.3. The molecule has 0 aliphatic carbocycles. The summed E-state index contributed by atoms with van der Waals surface area (Å²) in [6, 6.07) is 1.88. The van der Waals surface area contributed by atoms with Crippen LogP contribution in [0.1, 0.15) is 15.2 Å². The van der Waals surface area contributed by atoms with Crippen LogP contribution in [0.4, 0.5) is 5.95 Å². The summed E-state index contributed by atoms with van der Waals surface area (Å²) in [5, 5.41) is 4.70. The first-order valence-electron chi connectivity index (χ1n) is 5.37. The van der Waals surface area contributed by atoms with Gasteiger partial charge in [0.05, 0.1) is 11.2 Å². The van der Waals surface area contributed by atoms with Crippen molar-refractivity contribution in [2.45, 2.75) is 6.92 Å². The van der Waals surface area contributed by atoms with E-state index in [1.54, 1.807) is 0 Å². The monoisotopic (exact) mass is 293 g/mol. The summed E-state index contributed by atoms with van der Waals surface area (Å²) >= 11 is 7.34. The number of nitrogens with one attached hydrogen (secondary N) is 2. The standard InChI is InChI=1S/C11H8ClN5OS/c1-5-2-3-19-7(5)10(18)17-11-15-8(12)6-9(16-11)14-4-13-6/h2-4H,1H3,(H2,13,14,15,16,17,18). The fourth-order valence-electron chi connectivity index (χ4n) is 1.62. The first-order valence-corrected chi connectivity index (χ1v) is 6.63. The lowest BCUT2D eigenvalue weighted by Gasteiger charge is -2.03. The second-order valence-electron chi connectivity index (χ2n) is 3.83. The van der Waals surface area contributed by atoms with Crippen molar-refractivity contribution in [3.63, 3.8) is 0 Å². The van der Waals surface area contributed by atoms with Crippen LogP contribution in [0.2, 0.25) is 5.15 Å². The average Bonchev–Trinajstić information content (AvgIpc) is 2.97. The number of carbonyl (C=O) groups excluding carboxylic acids is 1. The van der Waals surface area contributed by atoms with E-state index < -0.39 is 0 Å². The van der Waals surface area contributed by atoms with Gasteiger partial charge in [-0.05, 0) is 23.9 Å². The molecule has 0 saturated heterocycles. The maximum atomic E-state index is 12.0. The predicted octanol–water partition coefficient (Wildman–Crippen LogP) is 2.63. The number of H-pyrrole nitrogens is 1. The van der Waals surface area contributed by atoms with E-state index in [9.17, 15) is 4.79 Å². The summed E-state index contributed by atoms with van der Waals surface area (Å²) in [7, 11) is 0. The van der Waals surface area contributed by atoms with Crippen molar-refractivity contribution in [1.29, 1.82) is 0 Å². The molecule has 3 aromatic rings. The van der Waals surface area contributed by atoms with E-state index in [1.807, 2.05) is 18.4 Å². The van der Waals surface area contributed by atoms with Crippen LogP contribution >= 0.6 is 22.9 Å². The topological polar surface area (TPSA) is 83.6 Å². The van der Waals surface area contributed by atoms with Gasteiger partial charge in [-0.3, -0.25) is 10.1 Å². The fraction of sp³-hybridized carbons (Fsp3) is 0.0909. The number of aryl methyl sites for hydroxylation is 1. The smallest absolute Gasteiger partial charge is 0.268 e. The number of imidazole rings is 1.